The van der Waals surface area contributed by atoms with Gasteiger partial charge in [-0.3, -0.25) is 9.59 Å². The number of carbonyl (C=O) groups excluding carboxylic acids is 2. The van der Waals surface area contributed by atoms with E-state index >= 15 is 0 Å². The minimum atomic E-state index is -0.575. The maximum Gasteiger partial charge on any atom is 0.306 e. The Balaban J connectivity index is 4.31. The maximum atomic E-state index is 12.8. The van der Waals surface area contributed by atoms with Gasteiger partial charge in [0.2, 0.25) is 0 Å². The molecule has 5 heteroatoms. The second-order valence-corrected chi connectivity index (χ2v) is 17.0. The largest absolute Gasteiger partial charge is 0.462 e. The van der Waals surface area contributed by atoms with E-state index in [1.165, 1.54) is 122 Å². The van der Waals surface area contributed by atoms with E-state index in [9.17, 15) is 9.59 Å². The average molecular weight is 863 g/mol. The number of esters is 2. The van der Waals surface area contributed by atoms with Gasteiger partial charge >= 0.3 is 11.9 Å². The Hall–Kier alpha value is -2.92. The predicted molar refractivity (Wildman–Crippen MR) is 270 cm³/mol. The zero-order chi connectivity index (χ0) is 44.9. The van der Waals surface area contributed by atoms with Gasteiger partial charge in [0.1, 0.15) is 6.61 Å². The lowest BCUT2D eigenvalue weighted by molar-refractivity contribution is -0.162. The van der Waals surface area contributed by atoms with Crippen molar-refractivity contribution < 1.29 is 23.8 Å². The van der Waals surface area contributed by atoms with Crippen molar-refractivity contribution in [2.75, 3.05) is 19.8 Å². The summed E-state index contributed by atoms with van der Waals surface area (Å²) in [5.41, 5.74) is 0. The van der Waals surface area contributed by atoms with Crippen LogP contribution >= 0.6 is 0 Å². The highest BCUT2D eigenvalue weighted by Gasteiger charge is 2.17. The van der Waals surface area contributed by atoms with Gasteiger partial charge in [0, 0.05) is 19.4 Å². The lowest BCUT2D eigenvalue weighted by Gasteiger charge is -2.18. The molecule has 0 spiro atoms. The van der Waals surface area contributed by atoms with Gasteiger partial charge in [-0.05, 0) is 96.3 Å². The van der Waals surface area contributed by atoms with Gasteiger partial charge in [-0.1, -0.05) is 215 Å². The number of carbonyl (C=O) groups is 2. The SMILES string of the molecule is CC/C=C\C/C=C\C/C=C\C/C=C\CCC(=O)OCC(COCCCCCCCCCCCC/C=C\CCCCCCCC)OC(=O)CCCCCCC/C=C\C/C=C\CCC. The first-order valence-electron chi connectivity index (χ1n) is 26.1. The molecule has 0 saturated carbocycles. The second-order valence-electron chi connectivity index (χ2n) is 17.0. The fourth-order valence-electron chi connectivity index (χ4n) is 7.03. The van der Waals surface area contributed by atoms with Crippen LogP contribution in [0.25, 0.3) is 0 Å². The van der Waals surface area contributed by atoms with Crippen LogP contribution in [-0.2, 0) is 23.8 Å². The predicted octanol–water partition coefficient (Wildman–Crippen LogP) is 17.7. The van der Waals surface area contributed by atoms with Crippen molar-refractivity contribution in [3.63, 3.8) is 0 Å². The van der Waals surface area contributed by atoms with Gasteiger partial charge < -0.3 is 14.2 Å². The van der Waals surface area contributed by atoms with E-state index in [1.54, 1.807) is 0 Å². The number of unbranched alkanes of at least 4 members (excludes halogenated alkanes) is 22. The molecule has 62 heavy (non-hydrogen) atoms. The molecule has 1 unspecified atom stereocenters. The minimum absolute atomic E-state index is 0.0383. The molecule has 5 nitrogen and oxygen atoms in total. The molecule has 356 valence electrons. The van der Waals surface area contributed by atoms with Crippen LogP contribution in [0.4, 0.5) is 0 Å². The van der Waals surface area contributed by atoms with Crippen LogP contribution in [0.5, 0.6) is 0 Å². The normalized spacial score (nSPS) is 12.9. The topological polar surface area (TPSA) is 61.8 Å². The quantitative estimate of drug-likeness (QED) is 0.0346. The number of hydrogen-bond donors (Lipinski definition) is 0. The first-order valence-corrected chi connectivity index (χ1v) is 26.1. The van der Waals surface area contributed by atoms with Crippen LogP contribution < -0.4 is 0 Å². The van der Waals surface area contributed by atoms with Crippen LogP contribution in [0.3, 0.4) is 0 Å². The van der Waals surface area contributed by atoms with E-state index in [0.717, 1.165) is 77.0 Å². The molecule has 0 N–H and O–H groups in total. The third-order valence-electron chi connectivity index (χ3n) is 10.9. The number of rotatable bonds is 47. The number of hydrogen-bond acceptors (Lipinski definition) is 5. The van der Waals surface area contributed by atoms with Crippen LogP contribution in [0.2, 0.25) is 0 Å². The van der Waals surface area contributed by atoms with E-state index in [1.807, 2.05) is 6.08 Å². The van der Waals surface area contributed by atoms with Crippen molar-refractivity contribution in [2.24, 2.45) is 0 Å². The third kappa shape index (κ3) is 49.7. The Labute approximate surface area is 384 Å². The third-order valence-corrected chi connectivity index (χ3v) is 10.9. The van der Waals surface area contributed by atoms with Gasteiger partial charge in [0.15, 0.2) is 6.10 Å². The lowest BCUT2D eigenvalue weighted by Crippen LogP contribution is -2.30. The zero-order valence-corrected chi connectivity index (χ0v) is 40.9. The Morgan fingerprint density at radius 2 is 0.790 bits per heavy atom. The molecule has 0 aromatic heterocycles. The van der Waals surface area contributed by atoms with Crippen molar-refractivity contribution in [3.05, 3.63) is 85.1 Å². The van der Waals surface area contributed by atoms with Crippen molar-refractivity contribution in [3.8, 4) is 0 Å². The molecule has 0 heterocycles. The van der Waals surface area contributed by atoms with Gasteiger partial charge in [-0.25, -0.2) is 0 Å². The van der Waals surface area contributed by atoms with Crippen LogP contribution in [0, 0.1) is 0 Å². The molecule has 0 amide bonds. The molecule has 1 atom stereocenters. The van der Waals surface area contributed by atoms with Gasteiger partial charge in [0.05, 0.1) is 6.61 Å². The fourth-order valence-corrected chi connectivity index (χ4v) is 7.03. The van der Waals surface area contributed by atoms with Crippen molar-refractivity contribution >= 4 is 11.9 Å². The fraction of sp³-hybridized carbons (Fsp3) is 0.719. The number of ether oxygens (including phenoxy) is 3. The summed E-state index contributed by atoms with van der Waals surface area (Å²) in [4.78, 5) is 25.3. The first-order chi connectivity index (χ1) is 30.6. The molecule has 0 fully saturated rings. The molecule has 0 rings (SSSR count). The Morgan fingerprint density at radius 1 is 0.371 bits per heavy atom. The highest BCUT2D eigenvalue weighted by atomic mass is 16.6. The Kier molecular flexibility index (Phi) is 50.0. The highest BCUT2D eigenvalue weighted by molar-refractivity contribution is 5.70. The van der Waals surface area contributed by atoms with Gasteiger partial charge in [0.25, 0.3) is 0 Å². The molecule has 0 aliphatic heterocycles. The summed E-state index contributed by atoms with van der Waals surface area (Å²) in [6.45, 7) is 7.56. The standard InChI is InChI=1S/C57H98O5/c1-4-7-10-13-16-19-22-25-26-27-28-29-30-31-34-37-40-43-46-49-52-60-53-55(62-57(59)51-48-45-42-39-36-33-24-21-18-15-12-9-6-3)54-61-56(58)50-47-44-41-38-35-32-23-20-17-14-11-8-5-2/h8,11-12,15,17,20-21,24-26,32,35,41,44,55H,4-7,9-10,13-14,16,18-19,22-23,27-31,33-34,36-40,42-43,45-54H2,1-3H3/b11-8-,15-12-,20-17-,24-21-,26-25-,35-32-,44-41-. The van der Waals surface area contributed by atoms with Crippen molar-refractivity contribution in [1.82, 2.24) is 0 Å². The summed E-state index contributed by atoms with van der Waals surface area (Å²) < 4.78 is 17.3. The summed E-state index contributed by atoms with van der Waals surface area (Å²) in [7, 11) is 0. The molecule has 0 aliphatic carbocycles. The minimum Gasteiger partial charge on any atom is -0.462 e. The summed E-state index contributed by atoms with van der Waals surface area (Å²) in [6, 6.07) is 0. The van der Waals surface area contributed by atoms with E-state index in [0.29, 0.717) is 25.9 Å². The molecular weight excluding hydrogens is 765 g/mol. The van der Waals surface area contributed by atoms with Crippen molar-refractivity contribution in [2.45, 2.75) is 245 Å². The molecule has 0 bridgehead atoms. The Bertz CT molecular complexity index is 1160. The smallest absolute Gasteiger partial charge is 0.306 e. The average Bonchev–Trinajstić information content (AvgIpc) is 3.27. The van der Waals surface area contributed by atoms with E-state index < -0.39 is 6.10 Å². The maximum absolute atomic E-state index is 12.8. The molecule has 0 aromatic rings. The summed E-state index contributed by atoms with van der Waals surface area (Å²) in [6.07, 6.45) is 69.0. The molecule has 0 aromatic carbocycles. The number of allylic oxidation sites excluding steroid dienone is 14. The van der Waals surface area contributed by atoms with Gasteiger partial charge in [-0.2, -0.15) is 0 Å². The summed E-state index contributed by atoms with van der Waals surface area (Å²) >= 11 is 0. The lowest BCUT2D eigenvalue weighted by atomic mass is 10.1. The van der Waals surface area contributed by atoms with Crippen LogP contribution in [0.1, 0.15) is 239 Å². The molecule has 0 saturated heterocycles. The second kappa shape index (κ2) is 52.4. The Morgan fingerprint density at radius 3 is 1.31 bits per heavy atom. The van der Waals surface area contributed by atoms with Crippen LogP contribution in [0.15, 0.2) is 85.1 Å². The summed E-state index contributed by atoms with van der Waals surface area (Å²) in [5.74, 6) is -0.508. The highest BCUT2D eigenvalue weighted by Crippen LogP contribution is 2.14. The van der Waals surface area contributed by atoms with Crippen molar-refractivity contribution in [1.29, 1.82) is 0 Å². The van der Waals surface area contributed by atoms with Gasteiger partial charge in [-0.15, -0.1) is 0 Å². The molecule has 0 aliphatic rings. The first kappa shape index (κ1) is 59.1. The van der Waals surface area contributed by atoms with E-state index in [-0.39, 0.29) is 25.2 Å². The van der Waals surface area contributed by atoms with E-state index in [4.69, 9.17) is 14.2 Å². The van der Waals surface area contributed by atoms with Crippen LogP contribution in [-0.4, -0.2) is 37.9 Å². The summed E-state index contributed by atoms with van der Waals surface area (Å²) in [5, 5.41) is 0. The zero-order valence-electron chi connectivity index (χ0n) is 40.9. The molecule has 0 radical (unpaired) electrons. The van der Waals surface area contributed by atoms with E-state index in [2.05, 4.69) is 99.8 Å². The monoisotopic (exact) mass is 863 g/mol. The molecular formula is C57H98O5.